The third-order valence-corrected chi connectivity index (χ3v) is 5.31. The summed E-state index contributed by atoms with van der Waals surface area (Å²) in [5.74, 6) is 1.63. The van der Waals surface area contributed by atoms with Gasteiger partial charge in [-0.25, -0.2) is 0 Å². The molecule has 1 fully saturated rings. The number of carbonyl (C=O) groups excluding carboxylic acids is 1. The molecule has 1 aliphatic rings. The quantitative estimate of drug-likeness (QED) is 0.705. The van der Waals surface area contributed by atoms with E-state index in [0.717, 1.165) is 37.7 Å². The predicted octanol–water partition coefficient (Wildman–Crippen LogP) is 2.57. The van der Waals surface area contributed by atoms with Gasteiger partial charge in [0.25, 0.3) is 0 Å². The summed E-state index contributed by atoms with van der Waals surface area (Å²) < 4.78 is 10.9. The number of para-hydroxylation sites is 1. The van der Waals surface area contributed by atoms with Crippen molar-refractivity contribution in [3.63, 3.8) is 0 Å². The lowest BCUT2D eigenvalue weighted by Gasteiger charge is -2.38. The molecule has 0 aliphatic carbocycles. The minimum Gasteiger partial charge on any atom is -0.497 e. The van der Waals surface area contributed by atoms with Gasteiger partial charge in [-0.1, -0.05) is 30.3 Å². The second-order valence-electron chi connectivity index (χ2n) is 7.34. The molecule has 1 saturated heterocycles. The molecule has 1 aliphatic heterocycles. The van der Waals surface area contributed by atoms with E-state index in [9.17, 15) is 4.79 Å². The number of ether oxygens (including phenoxy) is 2. The highest BCUT2D eigenvalue weighted by molar-refractivity contribution is 5.76. The van der Waals surface area contributed by atoms with E-state index in [-0.39, 0.29) is 11.9 Å². The van der Waals surface area contributed by atoms with Gasteiger partial charge in [0.1, 0.15) is 11.5 Å². The number of piperazine rings is 1. The fraction of sp³-hybridized carbons (Fsp3) is 0.435. The monoisotopic (exact) mass is 397 g/mol. The number of carbonyl (C=O) groups is 1. The van der Waals surface area contributed by atoms with Gasteiger partial charge in [0.15, 0.2) is 0 Å². The number of benzene rings is 2. The van der Waals surface area contributed by atoms with Crippen LogP contribution in [0.25, 0.3) is 0 Å². The highest BCUT2D eigenvalue weighted by Crippen LogP contribution is 2.24. The Morgan fingerprint density at radius 1 is 1.00 bits per heavy atom. The summed E-state index contributed by atoms with van der Waals surface area (Å²) in [7, 11) is 3.82. The minimum atomic E-state index is 0.00794. The topological polar surface area (TPSA) is 54.0 Å². The molecule has 2 aromatic rings. The molecule has 6 nitrogen and oxygen atoms in total. The van der Waals surface area contributed by atoms with Crippen molar-refractivity contribution in [1.29, 1.82) is 0 Å². The number of likely N-dealkylation sites (N-methyl/N-ethyl adjacent to an activating group) is 1. The van der Waals surface area contributed by atoms with Gasteiger partial charge < -0.3 is 19.7 Å². The van der Waals surface area contributed by atoms with Crippen molar-refractivity contribution in [3.05, 3.63) is 60.2 Å². The van der Waals surface area contributed by atoms with E-state index in [0.29, 0.717) is 19.6 Å². The summed E-state index contributed by atoms with van der Waals surface area (Å²) in [6.07, 6.45) is 0.340. The molecular weight excluding hydrogens is 366 g/mol. The Morgan fingerprint density at radius 3 is 2.34 bits per heavy atom. The Kier molecular flexibility index (Phi) is 7.90. The maximum absolute atomic E-state index is 12.4. The Balaban J connectivity index is 1.55. The lowest BCUT2D eigenvalue weighted by atomic mass is 10.0. The Bertz CT molecular complexity index is 744. The first-order valence-electron chi connectivity index (χ1n) is 10.2. The minimum absolute atomic E-state index is 0.00794. The van der Waals surface area contributed by atoms with Gasteiger partial charge in [-0.05, 0) is 36.9 Å². The van der Waals surface area contributed by atoms with Gasteiger partial charge in [0.2, 0.25) is 5.91 Å². The normalized spacial score (nSPS) is 16.2. The van der Waals surface area contributed by atoms with E-state index in [1.54, 1.807) is 7.11 Å². The van der Waals surface area contributed by atoms with E-state index in [2.05, 4.69) is 34.3 Å². The maximum atomic E-state index is 12.4. The molecule has 29 heavy (non-hydrogen) atoms. The van der Waals surface area contributed by atoms with Gasteiger partial charge >= 0.3 is 0 Å². The molecule has 0 radical (unpaired) electrons. The van der Waals surface area contributed by atoms with Crippen LogP contribution in [0.15, 0.2) is 54.6 Å². The summed E-state index contributed by atoms with van der Waals surface area (Å²) in [5.41, 5.74) is 1.19. The number of methoxy groups -OCH3 is 1. The van der Waals surface area contributed by atoms with E-state index >= 15 is 0 Å². The van der Waals surface area contributed by atoms with Crippen LogP contribution in [0.4, 0.5) is 0 Å². The van der Waals surface area contributed by atoms with E-state index < -0.39 is 0 Å². The van der Waals surface area contributed by atoms with Crippen LogP contribution in [0.2, 0.25) is 0 Å². The summed E-state index contributed by atoms with van der Waals surface area (Å²) in [5, 5.41) is 3.10. The zero-order valence-corrected chi connectivity index (χ0v) is 17.3. The molecule has 1 unspecified atom stereocenters. The van der Waals surface area contributed by atoms with E-state index in [1.165, 1.54) is 5.56 Å². The number of hydrogen-bond acceptors (Lipinski definition) is 5. The summed E-state index contributed by atoms with van der Waals surface area (Å²) in [6.45, 7) is 5.00. The largest absolute Gasteiger partial charge is 0.497 e. The van der Waals surface area contributed by atoms with Crippen molar-refractivity contribution in [2.24, 2.45) is 0 Å². The van der Waals surface area contributed by atoms with Crippen LogP contribution in [0.3, 0.4) is 0 Å². The van der Waals surface area contributed by atoms with Gasteiger partial charge in [0.05, 0.1) is 26.2 Å². The second-order valence-corrected chi connectivity index (χ2v) is 7.34. The standard InChI is InChI=1S/C23H31N3O3/c1-25-13-15-26(16-14-25)22(19-8-10-20(28-2)11-9-19)18-24-23(27)12-17-29-21-6-4-3-5-7-21/h3-11,22H,12-18H2,1-2H3,(H,24,27). The van der Waals surface area contributed by atoms with Crippen molar-refractivity contribution in [2.45, 2.75) is 12.5 Å². The summed E-state index contributed by atoms with van der Waals surface area (Å²) in [4.78, 5) is 17.1. The van der Waals surface area contributed by atoms with Crippen LogP contribution < -0.4 is 14.8 Å². The molecule has 1 heterocycles. The third kappa shape index (κ3) is 6.48. The van der Waals surface area contributed by atoms with Crippen LogP contribution in [0, 0.1) is 0 Å². The molecule has 1 N–H and O–H groups in total. The first kappa shape index (κ1) is 21.1. The highest BCUT2D eigenvalue weighted by Gasteiger charge is 2.24. The van der Waals surface area contributed by atoms with E-state index in [4.69, 9.17) is 9.47 Å². The predicted molar refractivity (Wildman–Crippen MR) is 114 cm³/mol. The zero-order valence-electron chi connectivity index (χ0n) is 17.3. The molecule has 1 amide bonds. The van der Waals surface area contributed by atoms with Gasteiger partial charge in [0, 0.05) is 32.7 Å². The Hall–Kier alpha value is -2.57. The van der Waals surface area contributed by atoms with Crippen LogP contribution >= 0.6 is 0 Å². The molecule has 0 aromatic heterocycles. The fourth-order valence-corrected chi connectivity index (χ4v) is 3.49. The van der Waals surface area contributed by atoms with Crippen LogP contribution in [-0.2, 0) is 4.79 Å². The second kappa shape index (κ2) is 10.8. The lowest BCUT2D eigenvalue weighted by molar-refractivity contribution is -0.121. The lowest BCUT2D eigenvalue weighted by Crippen LogP contribution is -2.48. The molecule has 0 spiro atoms. The van der Waals surface area contributed by atoms with Crippen molar-refractivity contribution in [2.75, 3.05) is 53.5 Å². The number of amides is 1. The van der Waals surface area contributed by atoms with Crippen molar-refractivity contribution < 1.29 is 14.3 Å². The van der Waals surface area contributed by atoms with E-state index in [1.807, 2.05) is 42.5 Å². The zero-order chi connectivity index (χ0) is 20.5. The average molecular weight is 398 g/mol. The van der Waals surface area contributed by atoms with Gasteiger partial charge in [-0.2, -0.15) is 0 Å². The van der Waals surface area contributed by atoms with Gasteiger partial charge in [-0.15, -0.1) is 0 Å². The smallest absolute Gasteiger partial charge is 0.223 e. The summed E-state index contributed by atoms with van der Waals surface area (Å²) >= 11 is 0. The van der Waals surface area contributed by atoms with Crippen LogP contribution in [0.1, 0.15) is 18.0 Å². The number of nitrogens with zero attached hydrogens (tertiary/aromatic N) is 2. The van der Waals surface area contributed by atoms with Crippen molar-refractivity contribution >= 4 is 5.91 Å². The average Bonchev–Trinajstić information content (AvgIpc) is 2.76. The summed E-state index contributed by atoms with van der Waals surface area (Å²) in [6, 6.07) is 17.9. The molecule has 3 rings (SSSR count). The number of hydrogen-bond donors (Lipinski definition) is 1. The maximum Gasteiger partial charge on any atom is 0.223 e. The van der Waals surface area contributed by atoms with Crippen molar-refractivity contribution in [3.8, 4) is 11.5 Å². The molecule has 1 atom stereocenters. The van der Waals surface area contributed by atoms with Crippen LogP contribution in [0.5, 0.6) is 11.5 Å². The molecule has 156 valence electrons. The molecule has 6 heteroatoms. The first-order valence-corrected chi connectivity index (χ1v) is 10.2. The fourth-order valence-electron chi connectivity index (χ4n) is 3.49. The van der Waals surface area contributed by atoms with Gasteiger partial charge in [-0.3, -0.25) is 9.69 Å². The molecule has 0 bridgehead atoms. The Labute approximate surface area is 173 Å². The molecular formula is C23H31N3O3. The number of nitrogens with one attached hydrogen (secondary N) is 1. The molecule has 2 aromatic carbocycles. The SMILES string of the molecule is COc1ccc(C(CNC(=O)CCOc2ccccc2)N2CCN(C)CC2)cc1. The van der Waals surface area contributed by atoms with Crippen LogP contribution in [-0.4, -0.2) is 69.2 Å². The molecule has 0 saturated carbocycles. The highest BCUT2D eigenvalue weighted by atomic mass is 16.5. The number of rotatable bonds is 9. The first-order chi connectivity index (χ1) is 14.2. The van der Waals surface area contributed by atoms with Crippen molar-refractivity contribution in [1.82, 2.24) is 15.1 Å². The Morgan fingerprint density at radius 2 is 1.69 bits per heavy atom. The third-order valence-electron chi connectivity index (χ3n) is 5.31.